The first kappa shape index (κ1) is 21.5. The first-order chi connectivity index (χ1) is 13.1. The van der Waals surface area contributed by atoms with Gasteiger partial charge in [-0.25, -0.2) is 4.79 Å². The third kappa shape index (κ3) is 7.09. The molecule has 1 saturated heterocycles. The average molecular weight is 390 g/mol. The number of anilines is 1. The van der Waals surface area contributed by atoms with Gasteiger partial charge in [0.1, 0.15) is 5.60 Å². The van der Waals surface area contributed by atoms with Crippen LogP contribution in [0.4, 0.5) is 10.5 Å². The number of nitrogens with one attached hydrogen (secondary N) is 3. The van der Waals surface area contributed by atoms with Gasteiger partial charge in [0.25, 0.3) is 5.91 Å². The second kappa shape index (κ2) is 9.43. The minimum atomic E-state index is -0.579. The Hall–Kier alpha value is -2.77. The van der Waals surface area contributed by atoms with Crippen molar-refractivity contribution in [3.63, 3.8) is 0 Å². The van der Waals surface area contributed by atoms with Crippen LogP contribution in [0, 0.1) is 12.8 Å². The van der Waals surface area contributed by atoms with E-state index in [4.69, 9.17) is 4.74 Å². The molecule has 2 rings (SSSR count). The maximum atomic E-state index is 12.3. The molecule has 1 unspecified atom stereocenters. The predicted molar refractivity (Wildman–Crippen MR) is 106 cm³/mol. The van der Waals surface area contributed by atoms with E-state index >= 15 is 0 Å². The van der Waals surface area contributed by atoms with Crippen LogP contribution in [0.5, 0.6) is 0 Å². The molecular formula is C20H30N4O4. The van der Waals surface area contributed by atoms with Crippen molar-refractivity contribution in [3.05, 3.63) is 29.8 Å². The molecule has 1 aliphatic rings. The van der Waals surface area contributed by atoms with E-state index in [0.717, 1.165) is 11.3 Å². The molecule has 0 aliphatic carbocycles. The van der Waals surface area contributed by atoms with Gasteiger partial charge in [-0.2, -0.15) is 0 Å². The number of piperidine rings is 1. The standard InChI is InChI=1S/C20H30N4O4/c1-14-7-9-16(10-8-14)21-12-17(25)22-23-18(26)15-6-5-11-24(13-15)19(27)28-20(2,3)4/h7-10,15,21H,5-6,11-13H2,1-4H3,(H,22,25)(H,23,26). The fraction of sp³-hybridized carbons (Fsp3) is 0.550. The van der Waals surface area contributed by atoms with Crippen LogP contribution < -0.4 is 16.2 Å². The number of nitrogens with zero attached hydrogens (tertiary/aromatic N) is 1. The van der Waals surface area contributed by atoms with Crippen LogP contribution in [0.2, 0.25) is 0 Å². The quantitative estimate of drug-likeness (QED) is 0.685. The third-order valence-electron chi connectivity index (χ3n) is 4.27. The first-order valence-corrected chi connectivity index (χ1v) is 9.51. The molecule has 8 nitrogen and oxygen atoms in total. The van der Waals surface area contributed by atoms with E-state index < -0.39 is 11.7 Å². The van der Waals surface area contributed by atoms with Crippen molar-refractivity contribution in [2.24, 2.45) is 5.92 Å². The second-order valence-electron chi connectivity index (χ2n) is 8.02. The topological polar surface area (TPSA) is 99.8 Å². The number of hydrogen-bond donors (Lipinski definition) is 3. The van der Waals surface area contributed by atoms with Crippen molar-refractivity contribution < 1.29 is 19.1 Å². The lowest BCUT2D eigenvalue weighted by Gasteiger charge is -2.33. The molecule has 28 heavy (non-hydrogen) atoms. The number of carbonyl (C=O) groups excluding carboxylic acids is 3. The van der Waals surface area contributed by atoms with Crippen molar-refractivity contribution in [1.82, 2.24) is 15.8 Å². The van der Waals surface area contributed by atoms with Crippen molar-refractivity contribution in [2.45, 2.75) is 46.1 Å². The van der Waals surface area contributed by atoms with Crippen molar-refractivity contribution in [3.8, 4) is 0 Å². The summed E-state index contributed by atoms with van der Waals surface area (Å²) in [5.41, 5.74) is 6.24. The van der Waals surface area contributed by atoms with Gasteiger partial charge in [-0.3, -0.25) is 20.4 Å². The van der Waals surface area contributed by atoms with Crippen molar-refractivity contribution >= 4 is 23.6 Å². The van der Waals surface area contributed by atoms with Crippen molar-refractivity contribution in [2.75, 3.05) is 25.0 Å². The maximum absolute atomic E-state index is 12.3. The molecule has 1 atom stereocenters. The molecule has 8 heteroatoms. The van der Waals surface area contributed by atoms with E-state index in [1.165, 1.54) is 0 Å². The molecule has 3 N–H and O–H groups in total. The van der Waals surface area contributed by atoms with Crippen LogP contribution in [0.1, 0.15) is 39.2 Å². The lowest BCUT2D eigenvalue weighted by Crippen LogP contribution is -2.51. The highest BCUT2D eigenvalue weighted by Crippen LogP contribution is 2.19. The number of carbonyl (C=O) groups is 3. The fourth-order valence-electron chi connectivity index (χ4n) is 2.81. The van der Waals surface area contributed by atoms with Gasteiger partial charge in [0.15, 0.2) is 0 Å². The van der Waals surface area contributed by atoms with Gasteiger partial charge >= 0.3 is 6.09 Å². The summed E-state index contributed by atoms with van der Waals surface area (Å²) in [6.07, 6.45) is 0.944. The zero-order valence-electron chi connectivity index (χ0n) is 17.0. The predicted octanol–water partition coefficient (Wildman–Crippen LogP) is 2.20. The summed E-state index contributed by atoms with van der Waals surface area (Å²) < 4.78 is 5.36. The number of benzene rings is 1. The molecule has 0 spiro atoms. The van der Waals surface area contributed by atoms with Crippen LogP contribution in [0.15, 0.2) is 24.3 Å². The lowest BCUT2D eigenvalue weighted by molar-refractivity contribution is -0.131. The van der Waals surface area contributed by atoms with Gasteiger partial charge in [0, 0.05) is 18.8 Å². The SMILES string of the molecule is Cc1ccc(NCC(=O)NNC(=O)C2CCCN(C(=O)OC(C)(C)C)C2)cc1. The van der Waals surface area contributed by atoms with Crippen LogP contribution >= 0.6 is 0 Å². The molecule has 1 aliphatic heterocycles. The van der Waals surface area contributed by atoms with Gasteiger partial charge in [0.05, 0.1) is 12.5 Å². The molecule has 0 bridgehead atoms. The molecule has 3 amide bonds. The first-order valence-electron chi connectivity index (χ1n) is 9.51. The molecule has 154 valence electrons. The number of amides is 3. The van der Waals surface area contributed by atoms with Gasteiger partial charge < -0.3 is 15.0 Å². The normalized spacial score (nSPS) is 16.9. The van der Waals surface area contributed by atoms with E-state index in [0.29, 0.717) is 19.4 Å². The summed E-state index contributed by atoms with van der Waals surface area (Å²) in [5, 5.41) is 2.99. The maximum Gasteiger partial charge on any atom is 0.410 e. The van der Waals surface area contributed by atoms with Crippen LogP contribution in [-0.4, -0.2) is 48.0 Å². The Bertz CT molecular complexity index is 697. The molecule has 1 aromatic rings. The van der Waals surface area contributed by atoms with Gasteiger partial charge in [-0.05, 0) is 52.7 Å². The van der Waals surface area contributed by atoms with E-state index in [9.17, 15) is 14.4 Å². The van der Waals surface area contributed by atoms with Gasteiger partial charge in [-0.1, -0.05) is 17.7 Å². The number of rotatable bonds is 4. The zero-order chi connectivity index (χ0) is 20.7. The van der Waals surface area contributed by atoms with Crippen LogP contribution in [0.3, 0.4) is 0 Å². The highest BCUT2D eigenvalue weighted by Gasteiger charge is 2.31. The molecule has 0 saturated carbocycles. The molecule has 1 fully saturated rings. The Labute approximate surface area is 166 Å². The Kier molecular flexibility index (Phi) is 7.25. The second-order valence-corrected chi connectivity index (χ2v) is 8.02. The van der Waals surface area contributed by atoms with E-state index in [1.54, 1.807) is 25.7 Å². The number of hydrazine groups is 1. The van der Waals surface area contributed by atoms with E-state index in [2.05, 4.69) is 16.2 Å². The highest BCUT2D eigenvalue weighted by atomic mass is 16.6. The number of ether oxygens (including phenoxy) is 1. The average Bonchev–Trinajstić information content (AvgIpc) is 2.64. The van der Waals surface area contributed by atoms with Gasteiger partial charge in [0.2, 0.25) is 5.91 Å². The summed E-state index contributed by atoms with van der Waals surface area (Å²) in [6, 6.07) is 7.66. The Morgan fingerprint density at radius 3 is 2.46 bits per heavy atom. The van der Waals surface area contributed by atoms with E-state index in [-0.39, 0.29) is 30.8 Å². The summed E-state index contributed by atoms with van der Waals surface area (Å²) in [4.78, 5) is 38.0. The monoisotopic (exact) mass is 390 g/mol. The molecule has 1 aromatic carbocycles. The van der Waals surface area contributed by atoms with Crippen LogP contribution in [0.25, 0.3) is 0 Å². The van der Waals surface area contributed by atoms with Gasteiger partial charge in [-0.15, -0.1) is 0 Å². The minimum absolute atomic E-state index is 0.0397. The number of aryl methyl sites for hydroxylation is 1. The Morgan fingerprint density at radius 1 is 1.14 bits per heavy atom. The fourth-order valence-corrected chi connectivity index (χ4v) is 2.81. The summed E-state index contributed by atoms with van der Waals surface area (Å²) in [5.74, 6) is -1.04. The number of likely N-dealkylation sites (tertiary alicyclic amines) is 1. The lowest BCUT2D eigenvalue weighted by atomic mass is 9.98. The Morgan fingerprint density at radius 2 is 1.82 bits per heavy atom. The molecule has 0 radical (unpaired) electrons. The largest absolute Gasteiger partial charge is 0.444 e. The Balaban J connectivity index is 1.74. The smallest absolute Gasteiger partial charge is 0.410 e. The molecule has 1 heterocycles. The minimum Gasteiger partial charge on any atom is -0.444 e. The molecule has 0 aromatic heterocycles. The third-order valence-corrected chi connectivity index (χ3v) is 4.27. The molecular weight excluding hydrogens is 360 g/mol. The zero-order valence-corrected chi connectivity index (χ0v) is 17.0. The van der Waals surface area contributed by atoms with E-state index in [1.807, 2.05) is 31.2 Å². The summed E-state index contributed by atoms with van der Waals surface area (Å²) >= 11 is 0. The van der Waals surface area contributed by atoms with Crippen LogP contribution in [-0.2, 0) is 14.3 Å². The summed E-state index contributed by atoms with van der Waals surface area (Å²) in [7, 11) is 0. The highest BCUT2D eigenvalue weighted by molar-refractivity contribution is 5.85. The number of hydrogen-bond acceptors (Lipinski definition) is 5. The van der Waals surface area contributed by atoms with Crippen molar-refractivity contribution in [1.29, 1.82) is 0 Å². The summed E-state index contributed by atoms with van der Waals surface area (Å²) in [6.45, 7) is 8.28.